The van der Waals surface area contributed by atoms with E-state index in [1.807, 2.05) is 14.0 Å². The number of hydrogen-bond acceptors (Lipinski definition) is 6. The normalized spacial score (nSPS) is 17.8. The van der Waals surface area contributed by atoms with Gasteiger partial charge in [-0.2, -0.15) is 0 Å². The van der Waals surface area contributed by atoms with E-state index in [1.165, 1.54) is 21.3 Å². The molecule has 1 heterocycles. The van der Waals surface area contributed by atoms with Crippen molar-refractivity contribution in [3.8, 4) is 17.2 Å². The van der Waals surface area contributed by atoms with Crippen LogP contribution in [-0.4, -0.2) is 59.3 Å². The second-order valence-electron chi connectivity index (χ2n) is 6.22. The fourth-order valence-electron chi connectivity index (χ4n) is 2.86. The van der Waals surface area contributed by atoms with Gasteiger partial charge in [-0.25, -0.2) is 0 Å². The topological polar surface area (TPSA) is 89.1 Å². The lowest BCUT2D eigenvalue weighted by Crippen LogP contribution is -2.40. The van der Waals surface area contributed by atoms with Gasteiger partial charge in [-0.05, 0) is 14.0 Å². The van der Waals surface area contributed by atoms with Crippen LogP contribution < -0.4 is 29.7 Å². The molecule has 2 rings (SSSR count). The van der Waals surface area contributed by atoms with Gasteiger partial charge in [0, 0.05) is 37.7 Å². The molecule has 2 N–H and O–H groups in total. The summed E-state index contributed by atoms with van der Waals surface area (Å²) < 4.78 is 16.0. The quantitative estimate of drug-likeness (QED) is 0.708. The first kappa shape index (κ1) is 19.8. The van der Waals surface area contributed by atoms with E-state index in [2.05, 4.69) is 10.6 Å². The molecule has 2 unspecified atom stereocenters. The SMILES string of the molecule is CNC(C)CNC(=O)C1CC(=O)N(c2cc(OC)c(OC)c(OC)c2)C1. The van der Waals surface area contributed by atoms with Crippen LogP contribution in [0.25, 0.3) is 0 Å². The van der Waals surface area contributed by atoms with E-state index in [9.17, 15) is 9.59 Å². The Morgan fingerprint density at radius 3 is 2.35 bits per heavy atom. The van der Waals surface area contributed by atoms with Crippen molar-refractivity contribution in [2.24, 2.45) is 5.92 Å². The predicted molar refractivity (Wildman–Crippen MR) is 98.1 cm³/mol. The summed E-state index contributed by atoms with van der Waals surface area (Å²) in [4.78, 5) is 26.4. The molecule has 0 radical (unpaired) electrons. The van der Waals surface area contributed by atoms with Crippen LogP contribution in [0.15, 0.2) is 12.1 Å². The van der Waals surface area contributed by atoms with E-state index in [0.29, 0.717) is 36.0 Å². The van der Waals surface area contributed by atoms with Crippen molar-refractivity contribution >= 4 is 17.5 Å². The van der Waals surface area contributed by atoms with E-state index in [4.69, 9.17) is 14.2 Å². The molecule has 1 aliphatic rings. The molecule has 1 saturated heterocycles. The molecule has 1 aromatic carbocycles. The molecule has 0 bridgehead atoms. The number of hydrogen-bond donors (Lipinski definition) is 2. The molecule has 0 aromatic heterocycles. The molecule has 0 aliphatic carbocycles. The van der Waals surface area contributed by atoms with Crippen LogP contribution in [0.5, 0.6) is 17.2 Å². The van der Waals surface area contributed by atoms with Crippen molar-refractivity contribution in [2.45, 2.75) is 19.4 Å². The van der Waals surface area contributed by atoms with Crippen LogP contribution in [0.3, 0.4) is 0 Å². The van der Waals surface area contributed by atoms with Gasteiger partial charge >= 0.3 is 0 Å². The number of ether oxygens (including phenoxy) is 3. The standard InChI is InChI=1S/C18H27N3O5/c1-11(19-2)9-20-18(23)12-6-16(22)21(10-12)13-7-14(24-3)17(26-5)15(8-13)25-4/h7-8,11-12,19H,6,9-10H2,1-5H3,(H,20,23). The van der Waals surface area contributed by atoms with E-state index in [-0.39, 0.29) is 30.2 Å². The summed E-state index contributed by atoms with van der Waals surface area (Å²) in [7, 11) is 6.40. The van der Waals surface area contributed by atoms with Gasteiger partial charge < -0.3 is 29.7 Å². The summed E-state index contributed by atoms with van der Waals surface area (Å²) in [5, 5.41) is 5.94. The summed E-state index contributed by atoms with van der Waals surface area (Å²) in [6.45, 7) is 2.81. The maximum absolute atomic E-state index is 12.5. The number of carbonyl (C=O) groups excluding carboxylic acids is 2. The highest BCUT2D eigenvalue weighted by molar-refractivity contribution is 6.00. The highest BCUT2D eigenvalue weighted by Crippen LogP contribution is 2.42. The lowest BCUT2D eigenvalue weighted by molar-refractivity contribution is -0.126. The third-order valence-corrected chi connectivity index (χ3v) is 4.53. The molecule has 144 valence electrons. The minimum Gasteiger partial charge on any atom is -0.493 e. The average Bonchev–Trinajstić information content (AvgIpc) is 3.06. The Bertz CT molecular complexity index is 639. The number of methoxy groups -OCH3 is 3. The number of nitrogens with zero attached hydrogens (tertiary/aromatic N) is 1. The number of benzene rings is 1. The Hall–Kier alpha value is -2.48. The molecule has 8 heteroatoms. The Labute approximate surface area is 153 Å². The van der Waals surface area contributed by atoms with Crippen LogP contribution in [0.4, 0.5) is 5.69 Å². The van der Waals surface area contributed by atoms with Crippen molar-refractivity contribution < 1.29 is 23.8 Å². The minimum atomic E-state index is -0.384. The van der Waals surface area contributed by atoms with Gasteiger partial charge in [-0.1, -0.05) is 0 Å². The van der Waals surface area contributed by atoms with Crippen molar-refractivity contribution in [2.75, 3.05) is 46.4 Å². The Morgan fingerprint density at radius 1 is 1.23 bits per heavy atom. The number of nitrogens with one attached hydrogen (secondary N) is 2. The van der Waals surface area contributed by atoms with Crippen LogP contribution in [-0.2, 0) is 9.59 Å². The molecule has 2 amide bonds. The lowest BCUT2D eigenvalue weighted by Gasteiger charge is -2.20. The van der Waals surface area contributed by atoms with E-state index >= 15 is 0 Å². The van der Waals surface area contributed by atoms with E-state index in [1.54, 1.807) is 17.0 Å². The van der Waals surface area contributed by atoms with Gasteiger partial charge in [0.2, 0.25) is 17.6 Å². The van der Waals surface area contributed by atoms with Crippen LogP contribution in [0.1, 0.15) is 13.3 Å². The first-order valence-corrected chi connectivity index (χ1v) is 8.50. The molecular weight excluding hydrogens is 338 g/mol. The molecular formula is C18H27N3O5. The van der Waals surface area contributed by atoms with Crippen molar-refractivity contribution in [1.29, 1.82) is 0 Å². The summed E-state index contributed by atoms with van der Waals surface area (Å²) in [5.41, 5.74) is 0.614. The maximum Gasteiger partial charge on any atom is 0.227 e. The highest BCUT2D eigenvalue weighted by atomic mass is 16.5. The zero-order valence-corrected chi connectivity index (χ0v) is 15.9. The van der Waals surface area contributed by atoms with E-state index in [0.717, 1.165) is 0 Å². The molecule has 8 nitrogen and oxygen atoms in total. The van der Waals surface area contributed by atoms with Crippen LogP contribution in [0.2, 0.25) is 0 Å². The first-order valence-electron chi connectivity index (χ1n) is 8.50. The number of carbonyl (C=O) groups is 2. The fourth-order valence-corrected chi connectivity index (χ4v) is 2.86. The van der Waals surface area contributed by atoms with Gasteiger partial charge in [0.15, 0.2) is 11.5 Å². The Balaban J connectivity index is 2.17. The predicted octanol–water partition coefficient (Wildman–Crippen LogP) is 0.789. The monoisotopic (exact) mass is 365 g/mol. The molecule has 0 spiro atoms. The fraction of sp³-hybridized carbons (Fsp3) is 0.556. The molecule has 1 aliphatic heterocycles. The van der Waals surface area contributed by atoms with Gasteiger partial charge in [0.25, 0.3) is 0 Å². The molecule has 26 heavy (non-hydrogen) atoms. The molecule has 1 aromatic rings. The second-order valence-corrected chi connectivity index (χ2v) is 6.22. The largest absolute Gasteiger partial charge is 0.493 e. The van der Waals surface area contributed by atoms with Gasteiger partial charge in [0.05, 0.1) is 32.9 Å². The van der Waals surface area contributed by atoms with Crippen LogP contribution >= 0.6 is 0 Å². The van der Waals surface area contributed by atoms with E-state index < -0.39 is 0 Å². The average molecular weight is 365 g/mol. The summed E-state index contributed by atoms with van der Waals surface area (Å²) in [6.07, 6.45) is 0.177. The van der Waals surface area contributed by atoms with Crippen LogP contribution in [0, 0.1) is 5.92 Å². The van der Waals surface area contributed by atoms with Gasteiger partial charge in [-0.15, -0.1) is 0 Å². The van der Waals surface area contributed by atoms with Gasteiger partial charge in [-0.3, -0.25) is 9.59 Å². The lowest BCUT2D eigenvalue weighted by atomic mass is 10.1. The smallest absolute Gasteiger partial charge is 0.227 e. The zero-order chi connectivity index (χ0) is 19.3. The Morgan fingerprint density at radius 2 is 1.85 bits per heavy atom. The number of likely N-dealkylation sites (N-methyl/N-ethyl adjacent to an activating group) is 1. The third-order valence-electron chi connectivity index (χ3n) is 4.53. The Kier molecular flexibility index (Phi) is 6.68. The zero-order valence-electron chi connectivity index (χ0n) is 15.9. The summed E-state index contributed by atoms with van der Waals surface area (Å²) in [5.74, 6) is 0.777. The van der Waals surface area contributed by atoms with Crippen molar-refractivity contribution in [1.82, 2.24) is 10.6 Å². The number of rotatable bonds is 8. The third kappa shape index (κ3) is 4.19. The second kappa shape index (κ2) is 8.75. The minimum absolute atomic E-state index is 0.110. The molecule has 1 fully saturated rings. The van der Waals surface area contributed by atoms with Crippen molar-refractivity contribution in [3.63, 3.8) is 0 Å². The number of anilines is 1. The first-order chi connectivity index (χ1) is 12.4. The highest BCUT2D eigenvalue weighted by Gasteiger charge is 2.36. The molecule has 0 saturated carbocycles. The molecule has 2 atom stereocenters. The summed E-state index contributed by atoms with van der Waals surface area (Å²) in [6, 6.07) is 3.59. The van der Waals surface area contributed by atoms with Gasteiger partial charge in [0.1, 0.15) is 0 Å². The number of amides is 2. The summed E-state index contributed by atoms with van der Waals surface area (Å²) >= 11 is 0. The van der Waals surface area contributed by atoms with Crippen molar-refractivity contribution in [3.05, 3.63) is 12.1 Å². The maximum atomic E-state index is 12.5.